The molecule has 1 aromatic heterocycles. The minimum absolute atomic E-state index is 0.154. The zero-order valence-corrected chi connectivity index (χ0v) is 11.0. The first-order valence-corrected chi connectivity index (χ1v) is 5.61. The van der Waals surface area contributed by atoms with Crippen LogP contribution in [0.5, 0.6) is 0 Å². The van der Waals surface area contributed by atoms with Crippen molar-refractivity contribution in [1.82, 2.24) is 4.98 Å². The van der Waals surface area contributed by atoms with Gasteiger partial charge in [-0.25, -0.2) is 4.79 Å². The number of aliphatic hydroxyl groups excluding tert-OH is 1. The minimum Gasteiger partial charge on any atom is -0.506 e. The molecule has 0 aliphatic rings. The Kier molecular flexibility index (Phi) is 4.56. The lowest BCUT2D eigenvalue weighted by atomic mass is 10.1. The van der Waals surface area contributed by atoms with E-state index in [1.54, 1.807) is 0 Å². The predicted molar refractivity (Wildman–Crippen MR) is 69.4 cm³/mol. The van der Waals surface area contributed by atoms with Crippen LogP contribution in [0.3, 0.4) is 0 Å². The molecule has 0 radical (unpaired) electrons. The maximum Gasteiger partial charge on any atom is 0.341 e. The molecular formula is C10H7Cl3N2O3. The fourth-order valence-corrected chi connectivity index (χ4v) is 1.41. The average molecular weight is 310 g/mol. The summed E-state index contributed by atoms with van der Waals surface area (Å²) in [5, 5.41) is 26.3. The molecule has 0 unspecified atom stereocenters. The Balaban J connectivity index is 3.37. The van der Waals surface area contributed by atoms with Gasteiger partial charge in [-0.05, 0) is 12.1 Å². The van der Waals surface area contributed by atoms with Gasteiger partial charge in [0.1, 0.15) is 17.0 Å². The van der Waals surface area contributed by atoms with E-state index >= 15 is 0 Å². The second-order valence-electron chi connectivity index (χ2n) is 3.14. The molecule has 1 aromatic rings. The summed E-state index contributed by atoms with van der Waals surface area (Å²) in [5.41, 5.74) is -1.45. The first-order valence-electron chi connectivity index (χ1n) is 4.48. The highest BCUT2D eigenvalue weighted by molar-refractivity contribution is 6.78. The number of carboxylic acids is 1. The molecule has 1 heterocycles. The van der Waals surface area contributed by atoms with Gasteiger partial charge in [0.15, 0.2) is 0 Å². The van der Waals surface area contributed by atoms with E-state index in [0.29, 0.717) is 0 Å². The molecule has 0 spiro atoms. The Morgan fingerprint density at radius 3 is 2.11 bits per heavy atom. The SMILES string of the molecule is N=C(C(C(=O)O)=C(O)c1ccncc1)C(Cl)(Cl)Cl. The van der Waals surface area contributed by atoms with Crippen molar-refractivity contribution in [3.8, 4) is 0 Å². The van der Waals surface area contributed by atoms with Gasteiger partial charge in [0, 0.05) is 18.0 Å². The Labute approximate surface area is 117 Å². The van der Waals surface area contributed by atoms with Crippen LogP contribution in [0.15, 0.2) is 30.1 Å². The van der Waals surface area contributed by atoms with Crippen LogP contribution in [0.1, 0.15) is 5.56 Å². The molecular weight excluding hydrogens is 302 g/mol. The predicted octanol–water partition coefficient (Wildman–Crippen LogP) is 2.83. The Morgan fingerprint density at radius 1 is 1.22 bits per heavy atom. The highest BCUT2D eigenvalue weighted by atomic mass is 35.6. The molecule has 96 valence electrons. The lowest BCUT2D eigenvalue weighted by Gasteiger charge is -2.14. The van der Waals surface area contributed by atoms with E-state index in [-0.39, 0.29) is 5.56 Å². The number of halogens is 3. The number of aliphatic carboxylic acids is 1. The number of aromatic nitrogens is 1. The fourth-order valence-electron chi connectivity index (χ4n) is 1.12. The number of nitrogens with zero attached hydrogens (tertiary/aromatic N) is 1. The molecule has 5 nitrogen and oxygen atoms in total. The van der Waals surface area contributed by atoms with E-state index in [0.717, 1.165) is 0 Å². The van der Waals surface area contributed by atoms with Crippen LogP contribution in [-0.4, -0.2) is 30.7 Å². The molecule has 18 heavy (non-hydrogen) atoms. The average Bonchev–Trinajstić information content (AvgIpc) is 2.28. The molecule has 8 heteroatoms. The van der Waals surface area contributed by atoms with E-state index in [2.05, 4.69) is 4.98 Å². The van der Waals surface area contributed by atoms with Crippen molar-refractivity contribution in [2.24, 2.45) is 0 Å². The number of hydrogen-bond acceptors (Lipinski definition) is 4. The third-order valence-corrected chi connectivity index (χ3v) is 2.50. The lowest BCUT2D eigenvalue weighted by Crippen LogP contribution is -2.26. The first-order chi connectivity index (χ1) is 8.25. The van der Waals surface area contributed by atoms with Gasteiger partial charge >= 0.3 is 5.97 Å². The van der Waals surface area contributed by atoms with Crippen molar-refractivity contribution < 1.29 is 15.0 Å². The van der Waals surface area contributed by atoms with Crippen LogP contribution in [-0.2, 0) is 4.79 Å². The van der Waals surface area contributed by atoms with Gasteiger partial charge in [-0.1, -0.05) is 34.8 Å². The summed E-state index contributed by atoms with van der Waals surface area (Å²) in [7, 11) is 0. The van der Waals surface area contributed by atoms with E-state index in [9.17, 15) is 9.90 Å². The number of alkyl halides is 3. The third kappa shape index (κ3) is 3.35. The van der Waals surface area contributed by atoms with Gasteiger partial charge in [-0.15, -0.1) is 0 Å². The van der Waals surface area contributed by atoms with Crippen molar-refractivity contribution in [1.29, 1.82) is 5.41 Å². The molecule has 0 fully saturated rings. The van der Waals surface area contributed by atoms with Gasteiger partial charge in [0.2, 0.25) is 3.79 Å². The van der Waals surface area contributed by atoms with Crippen LogP contribution in [0, 0.1) is 5.41 Å². The monoisotopic (exact) mass is 308 g/mol. The molecule has 0 saturated heterocycles. The van der Waals surface area contributed by atoms with Gasteiger partial charge < -0.3 is 10.2 Å². The van der Waals surface area contributed by atoms with Crippen molar-refractivity contribution >= 4 is 52.2 Å². The number of nitrogens with one attached hydrogen (secondary N) is 1. The van der Waals surface area contributed by atoms with Gasteiger partial charge in [-0.2, -0.15) is 0 Å². The van der Waals surface area contributed by atoms with Crippen molar-refractivity contribution in [3.05, 3.63) is 35.7 Å². The summed E-state index contributed by atoms with van der Waals surface area (Å²) in [5.74, 6) is -2.23. The summed E-state index contributed by atoms with van der Waals surface area (Å²) in [4.78, 5) is 14.8. The summed E-state index contributed by atoms with van der Waals surface area (Å²) >= 11 is 16.3. The second-order valence-corrected chi connectivity index (χ2v) is 5.42. The summed E-state index contributed by atoms with van der Waals surface area (Å²) in [6, 6.07) is 2.73. The van der Waals surface area contributed by atoms with Crippen LogP contribution in [0.2, 0.25) is 0 Å². The fraction of sp³-hybridized carbons (Fsp3) is 0.100. The molecule has 0 atom stereocenters. The quantitative estimate of drug-likeness (QED) is 0.346. The highest BCUT2D eigenvalue weighted by Crippen LogP contribution is 2.32. The van der Waals surface area contributed by atoms with Gasteiger partial charge in [-0.3, -0.25) is 10.4 Å². The maximum atomic E-state index is 11.1. The Bertz CT molecular complexity index is 509. The largest absolute Gasteiger partial charge is 0.506 e. The number of carboxylic acid groups (broad SMARTS) is 1. The molecule has 1 rings (SSSR count). The summed E-state index contributed by atoms with van der Waals surface area (Å²) in [6.07, 6.45) is 2.70. The Hall–Kier alpha value is -1.30. The molecule has 0 aliphatic heterocycles. The standard InChI is InChI=1S/C10H7Cl3N2O3/c11-10(12,13)8(14)6(9(17)18)7(16)5-1-3-15-4-2-5/h1-4,14,16H,(H,17,18). The second kappa shape index (κ2) is 5.56. The van der Waals surface area contributed by atoms with Crippen LogP contribution < -0.4 is 0 Å². The number of aliphatic hydroxyl groups is 1. The van der Waals surface area contributed by atoms with Gasteiger partial charge in [0.25, 0.3) is 0 Å². The van der Waals surface area contributed by atoms with Crippen LogP contribution in [0.25, 0.3) is 5.76 Å². The van der Waals surface area contributed by atoms with Crippen molar-refractivity contribution in [2.75, 3.05) is 0 Å². The molecule has 3 N–H and O–H groups in total. The maximum absolute atomic E-state index is 11.1. The lowest BCUT2D eigenvalue weighted by molar-refractivity contribution is -0.132. The molecule has 0 saturated carbocycles. The topological polar surface area (TPSA) is 94.3 Å². The zero-order chi connectivity index (χ0) is 13.9. The van der Waals surface area contributed by atoms with E-state index in [1.807, 2.05) is 0 Å². The number of rotatable bonds is 3. The van der Waals surface area contributed by atoms with E-state index in [4.69, 9.17) is 45.3 Å². The smallest absolute Gasteiger partial charge is 0.341 e. The zero-order valence-electron chi connectivity index (χ0n) is 8.69. The van der Waals surface area contributed by atoms with E-state index in [1.165, 1.54) is 24.5 Å². The summed E-state index contributed by atoms with van der Waals surface area (Å²) in [6.45, 7) is 0. The molecule has 0 aliphatic carbocycles. The van der Waals surface area contributed by atoms with Gasteiger partial charge in [0.05, 0.1) is 0 Å². The molecule has 0 aromatic carbocycles. The van der Waals surface area contributed by atoms with Crippen LogP contribution >= 0.6 is 34.8 Å². The highest BCUT2D eigenvalue weighted by Gasteiger charge is 2.35. The normalized spacial score (nSPS) is 12.8. The van der Waals surface area contributed by atoms with Crippen LogP contribution in [0.4, 0.5) is 0 Å². The first kappa shape index (κ1) is 14.8. The third-order valence-electron chi connectivity index (χ3n) is 1.94. The number of carbonyl (C=O) groups is 1. The van der Waals surface area contributed by atoms with Crippen molar-refractivity contribution in [3.63, 3.8) is 0 Å². The summed E-state index contributed by atoms with van der Waals surface area (Å²) < 4.78 is -2.24. The Morgan fingerprint density at radius 2 is 1.72 bits per heavy atom. The molecule has 0 amide bonds. The van der Waals surface area contributed by atoms with Crippen molar-refractivity contribution in [2.45, 2.75) is 3.79 Å². The molecule has 0 bridgehead atoms. The minimum atomic E-state index is -2.24. The van der Waals surface area contributed by atoms with E-state index < -0.39 is 26.8 Å². The number of pyridine rings is 1. The number of hydrogen-bond donors (Lipinski definition) is 3.